The quantitative estimate of drug-likeness (QED) is 0.800. The topological polar surface area (TPSA) is 36.9 Å². The number of hydrogen-bond acceptors (Lipinski definition) is 4. The Morgan fingerprint density at radius 2 is 2.14 bits per heavy atom. The summed E-state index contributed by atoms with van der Waals surface area (Å²) in [6, 6.07) is 4.69. The normalized spacial score (nSPS) is 24.2. The van der Waals surface area contributed by atoms with Crippen LogP contribution in [-0.2, 0) is 14.5 Å². The predicted octanol–water partition coefficient (Wildman–Crippen LogP) is 3.46. The van der Waals surface area contributed by atoms with Gasteiger partial charge in [0.1, 0.15) is 6.10 Å². The lowest BCUT2D eigenvalue weighted by Gasteiger charge is -2.36. The molecule has 0 aromatic heterocycles. The summed E-state index contributed by atoms with van der Waals surface area (Å²) >= 11 is 0. The van der Waals surface area contributed by atoms with Crippen molar-refractivity contribution in [2.75, 3.05) is 13.7 Å². The van der Waals surface area contributed by atoms with Crippen molar-refractivity contribution in [3.63, 3.8) is 0 Å². The number of methoxy groups -OCH3 is 1. The second-order valence-corrected chi connectivity index (χ2v) is 5.47. The minimum absolute atomic E-state index is 0.202. The van der Waals surface area contributed by atoms with E-state index in [0.29, 0.717) is 17.7 Å². The van der Waals surface area contributed by atoms with Gasteiger partial charge in [-0.05, 0) is 36.1 Å². The first-order valence-corrected chi connectivity index (χ1v) is 7.15. The molecule has 2 aliphatic rings. The van der Waals surface area contributed by atoms with Gasteiger partial charge in [0.15, 0.2) is 11.6 Å². The summed E-state index contributed by atoms with van der Waals surface area (Å²) < 4.78 is 24.5. The van der Waals surface area contributed by atoms with E-state index < -0.39 is 17.7 Å². The highest BCUT2D eigenvalue weighted by Gasteiger charge is 2.42. The van der Waals surface area contributed by atoms with Gasteiger partial charge in [0.25, 0.3) is 0 Å². The zero-order valence-electron chi connectivity index (χ0n) is 12.1. The highest BCUT2D eigenvalue weighted by molar-refractivity contribution is 5.67. The standard InChI is InChI=1S/C16H19FO4/c1-11(12-5-6-14(18-2)13(17)9-12)15-10-19-16(21-20-15)7-3-4-8-16/h5-6,9,15H,1,3-4,7-8,10H2,2H3. The number of halogens is 1. The number of ether oxygens (including phenoxy) is 2. The summed E-state index contributed by atoms with van der Waals surface area (Å²) in [7, 11) is 1.43. The van der Waals surface area contributed by atoms with Gasteiger partial charge in [-0.25, -0.2) is 14.2 Å². The second-order valence-electron chi connectivity index (χ2n) is 5.47. The maximum absolute atomic E-state index is 13.7. The molecule has 1 atom stereocenters. The van der Waals surface area contributed by atoms with Crippen molar-refractivity contribution in [1.82, 2.24) is 0 Å². The first kappa shape index (κ1) is 14.5. The molecule has 1 saturated carbocycles. The first-order chi connectivity index (χ1) is 10.1. The Morgan fingerprint density at radius 3 is 2.71 bits per heavy atom. The van der Waals surface area contributed by atoms with Crippen LogP contribution in [0.25, 0.3) is 5.57 Å². The van der Waals surface area contributed by atoms with E-state index in [1.807, 2.05) is 0 Å². The van der Waals surface area contributed by atoms with E-state index in [1.165, 1.54) is 13.2 Å². The highest BCUT2D eigenvalue weighted by Crippen LogP contribution is 2.39. The second kappa shape index (κ2) is 5.75. The van der Waals surface area contributed by atoms with E-state index in [-0.39, 0.29) is 5.75 Å². The minimum atomic E-state index is -0.581. The highest BCUT2D eigenvalue weighted by atomic mass is 19.1. The van der Waals surface area contributed by atoms with Gasteiger partial charge in [0.2, 0.25) is 5.79 Å². The van der Waals surface area contributed by atoms with Crippen molar-refractivity contribution in [2.24, 2.45) is 0 Å². The van der Waals surface area contributed by atoms with Gasteiger partial charge in [-0.2, -0.15) is 0 Å². The van der Waals surface area contributed by atoms with Gasteiger partial charge in [0.05, 0.1) is 13.7 Å². The summed E-state index contributed by atoms with van der Waals surface area (Å²) in [5, 5.41) is 0. The lowest BCUT2D eigenvalue weighted by atomic mass is 10.0. The van der Waals surface area contributed by atoms with Crippen LogP contribution < -0.4 is 4.74 Å². The van der Waals surface area contributed by atoms with Crippen molar-refractivity contribution >= 4 is 5.57 Å². The van der Waals surface area contributed by atoms with Crippen molar-refractivity contribution < 1.29 is 23.6 Å². The summed E-state index contributed by atoms with van der Waals surface area (Å²) in [5.74, 6) is -0.809. The largest absolute Gasteiger partial charge is 0.494 e. The zero-order valence-corrected chi connectivity index (χ0v) is 12.1. The molecular weight excluding hydrogens is 275 g/mol. The van der Waals surface area contributed by atoms with Crippen molar-refractivity contribution in [2.45, 2.75) is 37.6 Å². The lowest BCUT2D eigenvalue weighted by molar-refractivity contribution is -0.475. The molecule has 1 unspecified atom stereocenters. The van der Waals surface area contributed by atoms with Crippen LogP contribution in [0.1, 0.15) is 31.2 Å². The monoisotopic (exact) mass is 294 g/mol. The Bertz CT molecular complexity index is 527. The van der Waals surface area contributed by atoms with Gasteiger partial charge in [-0.3, -0.25) is 0 Å². The Labute approximate surface area is 123 Å². The number of rotatable bonds is 3. The fraction of sp³-hybridized carbons (Fsp3) is 0.500. The van der Waals surface area contributed by atoms with E-state index in [9.17, 15) is 4.39 Å². The van der Waals surface area contributed by atoms with Crippen molar-refractivity contribution in [1.29, 1.82) is 0 Å². The van der Waals surface area contributed by atoms with E-state index >= 15 is 0 Å². The average Bonchev–Trinajstić information content (AvgIpc) is 2.95. The SMILES string of the molecule is C=C(c1ccc(OC)c(F)c1)C1COC2(CCCC2)OO1. The van der Waals surface area contributed by atoms with Crippen LogP contribution in [-0.4, -0.2) is 25.6 Å². The van der Waals surface area contributed by atoms with E-state index in [1.54, 1.807) is 12.1 Å². The van der Waals surface area contributed by atoms with Crippen LogP contribution in [0.15, 0.2) is 24.8 Å². The molecule has 1 saturated heterocycles. The first-order valence-electron chi connectivity index (χ1n) is 7.15. The van der Waals surface area contributed by atoms with Crippen LogP contribution in [0.5, 0.6) is 5.75 Å². The molecule has 1 spiro atoms. The molecule has 1 aliphatic heterocycles. The molecule has 1 aromatic rings. The fourth-order valence-electron chi connectivity index (χ4n) is 2.78. The van der Waals surface area contributed by atoms with Gasteiger partial charge in [-0.15, -0.1) is 0 Å². The molecule has 0 radical (unpaired) electrons. The van der Waals surface area contributed by atoms with Gasteiger partial charge >= 0.3 is 0 Å². The van der Waals surface area contributed by atoms with Gasteiger partial charge in [-0.1, -0.05) is 12.6 Å². The number of hydrogen-bond donors (Lipinski definition) is 0. The third-order valence-electron chi connectivity index (χ3n) is 4.09. The molecule has 0 N–H and O–H groups in total. The third kappa shape index (κ3) is 2.81. The molecule has 0 amide bonds. The molecular formula is C16H19FO4. The van der Waals surface area contributed by atoms with Crippen LogP contribution in [0.3, 0.4) is 0 Å². The smallest absolute Gasteiger partial charge is 0.201 e. The van der Waals surface area contributed by atoms with Crippen molar-refractivity contribution in [3.05, 3.63) is 36.2 Å². The van der Waals surface area contributed by atoms with E-state index in [2.05, 4.69) is 6.58 Å². The Balaban J connectivity index is 1.67. The maximum Gasteiger partial charge on any atom is 0.201 e. The maximum atomic E-state index is 13.7. The third-order valence-corrected chi connectivity index (χ3v) is 4.09. The molecule has 0 bridgehead atoms. The van der Waals surface area contributed by atoms with E-state index in [0.717, 1.165) is 25.7 Å². The van der Waals surface area contributed by atoms with Gasteiger partial charge in [0, 0.05) is 12.8 Å². The Morgan fingerprint density at radius 1 is 1.38 bits per heavy atom. The zero-order chi connectivity index (χ0) is 14.9. The van der Waals surface area contributed by atoms with Crippen LogP contribution in [0, 0.1) is 5.82 Å². The summed E-state index contributed by atoms with van der Waals surface area (Å²) in [6.45, 7) is 4.34. The molecule has 2 fully saturated rings. The lowest BCUT2D eigenvalue weighted by Crippen LogP contribution is -2.43. The van der Waals surface area contributed by atoms with Crippen LogP contribution >= 0.6 is 0 Å². The Kier molecular flexibility index (Phi) is 3.97. The molecule has 5 heteroatoms. The van der Waals surface area contributed by atoms with Crippen molar-refractivity contribution in [3.8, 4) is 5.75 Å². The molecule has 21 heavy (non-hydrogen) atoms. The predicted molar refractivity (Wildman–Crippen MR) is 75.1 cm³/mol. The molecule has 4 nitrogen and oxygen atoms in total. The minimum Gasteiger partial charge on any atom is -0.494 e. The summed E-state index contributed by atoms with van der Waals surface area (Å²) in [4.78, 5) is 10.9. The number of benzene rings is 1. The molecule has 1 aliphatic carbocycles. The molecule has 1 aromatic carbocycles. The van der Waals surface area contributed by atoms with Gasteiger partial charge < -0.3 is 9.47 Å². The average molecular weight is 294 g/mol. The van der Waals surface area contributed by atoms with Crippen LogP contribution in [0.4, 0.5) is 4.39 Å². The van der Waals surface area contributed by atoms with Crippen LogP contribution in [0.2, 0.25) is 0 Å². The molecule has 1 heterocycles. The Hall–Kier alpha value is -1.43. The summed E-state index contributed by atoms with van der Waals surface area (Å²) in [5.41, 5.74) is 1.28. The fourth-order valence-corrected chi connectivity index (χ4v) is 2.78. The van der Waals surface area contributed by atoms with E-state index in [4.69, 9.17) is 19.2 Å². The molecule has 114 valence electrons. The summed E-state index contributed by atoms with van der Waals surface area (Å²) in [6.07, 6.45) is 3.44. The molecule has 3 rings (SSSR count).